The van der Waals surface area contributed by atoms with Crippen molar-refractivity contribution < 1.29 is 13.0 Å². The van der Waals surface area contributed by atoms with Gasteiger partial charge in [-0.05, 0) is 30.2 Å². The van der Waals surface area contributed by atoms with Gasteiger partial charge in [0.05, 0.1) is 0 Å². The molecule has 0 amide bonds. The molecule has 0 atom stereocenters. The summed E-state index contributed by atoms with van der Waals surface area (Å²) in [4.78, 5) is 0.839. The first-order valence-electron chi connectivity index (χ1n) is 4.62. The normalized spacial score (nSPS) is 10.9. The molecule has 0 aliphatic carbocycles. The average Bonchev–Trinajstić information content (AvgIpc) is 2.66. The molecule has 92 valence electrons. The summed E-state index contributed by atoms with van der Waals surface area (Å²) in [6.07, 6.45) is 0. The van der Waals surface area contributed by atoms with Gasteiger partial charge >= 0.3 is 10.1 Å². The highest BCUT2D eigenvalue weighted by atomic mass is 35.5. The van der Waals surface area contributed by atoms with Gasteiger partial charge in [0, 0.05) is 4.88 Å². The van der Waals surface area contributed by atoms with E-state index in [1.807, 2.05) is 31.2 Å². The maximum atomic E-state index is 10.9. The van der Waals surface area contributed by atoms with Crippen LogP contribution in [0.1, 0.15) is 5.56 Å². The lowest BCUT2D eigenvalue weighted by Gasteiger charge is -2.01. The Morgan fingerprint density at radius 2 is 1.76 bits per heavy atom. The average molecular weight is 291 g/mol. The van der Waals surface area contributed by atoms with E-state index in [1.165, 1.54) is 6.07 Å². The standard InChI is InChI=1S/C11H10O3S2.ClH/c1-8-4-2-3-5-9(8)10-6-7-11(15-10)16(12,13)14;/h2-7H,1H3,(H,12,13,14);1H. The minimum atomic E-state index is -4.08. The summed E-state index contributed by atoms with van der Waals surface area (Å²) in [7, 11) is -4.08. The van der Waals surface area contributed by atoms with Crippen molar-refractivity contribution in [1.29, 1.82) is 0 Å². The summed E-state index contributed by atoms with van der Waals surface area (Å²) in [6.45, 7) is 1.96. The van der Waals surface area contributed by atoms with Gasteiger partial charge < -0.3 is 0 Å². The third-order valence-electron chi connectivity index (χ3n) is 2.25. The zero-order valence-corrected chi connectivity index (χ0v) is 11.4. The lowest BCUT2D eigenvalue weighted by Crippen LogP contribution is -1.93. The molecular formula is C11H11ClO3S2. The van der Waals surface area contributed by atoms with Crippen molar-refractivity contribution in [3.63, 3.8) is 0 Å². The minimum Gasteiger partial charge on any atom is -0.281 e. The van der Waals surface area contributed by atoms with Gasteiger partial charge in [0.15, 0.2) is 0 Å². The molecule has 0 radical (unpaired) electrons. The molecule has 3 nitrogen and oxygen atoms in total. The van der Waals surface area contributed by atoms with Crippen molar-refractivity contribution in [2.24, 2.45) is 0 Å². The van der Waals surface area contributed by atoms with E-state index in [0.29, 0.717) is 0 Å². The van der Waals surface area contributed by atoms with E-state index >= 15 is 0 Å². The van der Waals surface area contributed by atoms with Crippen LogP contribution in [-0.4, -0.2) is 13.0 Å². The first-order valence-corrected chi connectivity index (χ1v) is 6.87. The van der Waals surface area contributed by atoms with Crippen LogP contribution in [0.25, 0.3) is 10.4 Å². The SMILES string of the molecule is Cc1ccccc1-c1ccc(S(=O)(=O)O)s1.Cl. The Morgan fingerprint density at radius 3 is 2.29 bits per heavy atom. The molecule has 2 aromatic rings. The van der Waals surface area contributed by atoms with Crippen molar-refractivity contribution in [1.82, 2.24) is 0 Å². The summed E-state index contributed by atoms with van der Waals surface area (Å²) in [5, 5.41) is 0. The van der Waals surface area contributed by atoms with Crippen molar-refractivity contribution in [3.8, 4) is 10.4 Å². The fourth-order valence-corrected chi connectivity index (χ4v) is 3.21. The fourth-order valence-electron chi connectivity index (χ4n) is 1.45. The highest BCUT2D eigenvalue weighted by molar-refractivity contribution is 7.88. The Morgan fingerprint density at radius 1 is 1.12 bits per heavy atom. The Kier molecular flexibility index (Phi) is 4.32. The Labute approximate surface area is 110 Å². The van der Waals surface area contributed by atoms with Crippen LogP contribution >= 0.6 is 23.7 Å². The minimum absolute atomic E-state index is 0. The number of hydrogen-bond acceptors (Lipinski definition) is 3. The van der Waals surface area contributed by atoms with Gasteiger partial charge in [0.2, 0.25) is 0 Å². The molecule has 0 aliphatic rings. The molecule has 1 aromatic carbocycles. The second-order valence-electron chi connectivity index (χ2n) is 3.41. The van der Waals surface area contributed by atoms with Crippen molar-refractivity contribution in [2.45, 2.75) is 11.1 Å². The number of aryl methyl sites for hydroxylation is 1. The van der Waals surface area contributed by atoms with E-state index in [9.17, 15) is 8.42 Å². The van der Waals surface area contributed by atoms with E-state index in [4.69, 9.17) is 4.55 Å². The first kappa shape index (κ1) is 14.2. The lowest BCUT2D eigenvalue weighted by molar-refractivity contribution is 0.485. The fraction of sp³-hybridized carbons (Fsp3) is 0.0909. The highest BCUT2D eigenvalue weighted by Gasteiger charge is 2.14. The largest absolute Gasteiger partial charge is 0.304 e. The quantitative estimate of drug-likeness (QED) is 0.863. The van der Waals surface area contributed by atoms with E-state index < -0.39 is 10.1 Å². The maximum Gasteiger partial charge on any atom is 0.304 e. The molecule has 0 saturated heterocycles. The predicted molar refractivity (Wildman–Crippen MR) is 71.6 cm³/mol. The number of benzene rings is 1. The molecule has 0 spiro atoms. The van der Waals surface area contributed by atoms with Crippen molar-refractivity contribution >= 4 is 33.9 Å². The molecule has 0 bridgehead atoms. The summed E-state index contributed by atoms with van der Waals surface area (Å²) < 4.78 is 30.7. The summed E-state index contributed by atoms with van der Waals surface area (Å²) in [6, 6.07) is 10.8. The highest BCUT2D eigenvalue weighted by Crippen LogP contribution is 2.32. The summed E-state index contributed by atoms with van der Waals surface area (Å²) in [5.41, 5.74) is 2.06. The van der Waals surface area contributed by atoms with Crippen LogP contribution < -0.4 is 0 Å². The van der Waals surface area contributed by atoms with Gasteiger partial charge in [0.25, 0.3) is 0 Å². The molecule has 1 heterocycles. The van der Waals surface area contributed by atoms with Gasteiger partial charge in [-0.1, -0.05) is 24.3 Å². The smallest absolute Gasteiger partial charge is 0.281 e. The van der Waals surface area contributed by atoms with Gasteiger partial charge in [-0.25, -0.2) is 0 Å². The van der Waals surface area contributed by atoms with Crippen LogP contribution in [-0.2, 0) is 10.1 Å². The van der Waals surface area contributed by atoms with Gasteiger partial charge in [-0.3, -0.25) is 4.55 Å². The molecule has 1 aromatic heterocycles. The number of thiophene rings is 1. The maximum absolute atomic E-state index is 10.9. The Bertz CT molecular complexity index is 617. The molecule has 0 unspecified atom stereocenters. The molecule has 0 aliphatic heterocycles. The molecule has 0 saturated carbocycles. The second kappa shape index (κ2) is 5.18. The molecule has 1 N–H and O–H groups in total. The van der Waals surface area contributed by atoms with Gasteiger partial charge in [-0.15, -0.1) is 23.7 Å². The third kappa shape index (κ3) is 3.07. The molecule has 17 heavy (non-hydrogen) atoms. The Hall–Kier alpha value is -0.880. The van der Waals surface area contributed by atoms with Crippen LogP contribution in [0.15, 0.2) is 40.6 Å². The third-order valence-corrected chi connectivity index (χ3v) is 4.69. The van der Waals surface area contributed by atoms with E-state index in [2.05, 4.69) is 0 Å². The zero-order valence-electron chi connectivity index (χ0n) is 8.95. The van der Waals surface area contributed by atoms with E-state index in [-0.39, 0.29) is 16.6 Å². The molecule has 0 fully saturated rings. The number of rotatable bonds is 2. The van der Waals surface area contributed by atoms with Crippen molar-refractivity contribution in [2.75, 3.05) is 0 Å². The van der Waals surface area contributed by atoms with Crippen molar-refractivity contribution in [3.05, 3.63) is 42.0 Å². The lowest BCUT2D eigenvalue weighted by atomic mass is 10.1. The molecule has 2 rings (SSSR count). The van der Waals surface area contributed by atoms with E-state index in [1.54, 1.807) is 6.07 Å². The summed E-state index contributed by atoms with van der Waals surface area (Å²) >= 11 is 1.07. The number of hydrogen-bond donors (Lipinski definition) is 1. The molecule has 6 heteroatoms. The molecular weight excluding hydrogens is 280 g/mol. The van der Waals surface area contributed by atoms with Crippen LogP contribution in [0.3, 0.4) is 0 Å². The predicted octanol–water partition coefficient (Wildman–Crippen LogP) is 3.39. The van der Waals surface area contributed by atoms with Gasteiger partial charge in [0.1, 0.15) is 4.21 Å². The van der Waals surface area contributed by atoms with Crippen LogP contribution in [0.4, 0.5) is 0 Å². The van der Waals surface area contributed by atoms with Crippen LogP contribution in [0.5, 0.6) is 0 Å². The van der Waals surface area contributed by atoms with E-state index in [0.717, 1.165) is 27.3 Å². The zero-order chi connectivity index (χ0) is 11.8. The Balaban J connectivity index is 0.00000144. The topological polar surface area (TPSA) is 54.4 Å². The van der Waals surface area contributed by atoms with Gasteiger partial charge in [-0.2, -0.15) is 8.42 Å². The second-order valence-corrected chi connectivity index (χ2v) is 6.14. The first-order chi connectivity index (χ1) is 7.48. The van der Waals surface area contributed by atoms with Crippen LogP contribution in [0, 0.1) is 6.92 Å². The summed E-state index contributed by atoms with van der Waals surface area (Å²) in [5.74, 6) is 0. The van der Waals surface area contributed by atoms with Crippen LogP contribution in [0.2, 0.25) is 0 Å². The number of halogens is 1. The monoisotopic (exact) mass is 290 g/mol.